The van der Waals surface area contributed by atoms with E-state index in [0.717, 1.165) is 32.4 Å². The number of carbonyl (C=O) groups is 1. The summed E-state index contributed by atoms with van der Waals surface area (Å²) in [4.78, 5) is 13.9. The Morgan fingerprint density at radius 2 is 2.29 bits per heavy atom. The van der Waals surface area contributed by atoms with Crippen molar-refractivity contribution < 1.29 is 4.79 Å². The van der Waals surface area contributed by atoms with Crippen LogP contribution in [-0.4, -0.2) is 36.0 Å². The molecule has 82 valence electrons. The minimum absolute atomic E-state index is 0.0651. The molecule has 1 N–H and O–H groups in total. The summed E-state index contributed by atoms with van der Waals surface area (Å²) < 4.78 is 0. The van der Waals surface area contributed by atoms with E-state index in [2.05, 4.69) is 26.1 Å². The molecule has 14 heavy (non-hydrogen) atoms. The van der Waals surface area contributed by atoms with E-state index in [4.69, 9.17) is 0 Å². The second kappa shape index (κ2) is 5.35. The third-order valence-corrected chi connectivity index (χ3v) is 2.56. The fourth-order valence-corrected chi connectivity index (χ4v) is 1.99. The topological polar surface area (TPSA) is 32.3 Å². The molecule has 1 aliphatic heterocycles. The Kier molecular flexibility index (Phi) is 4.39. The van der Waals surface area contributed by atoms with Crippen LogP contribution in [0.15, 0.2) is 0 Å². The number of nitrogens with one attached hydrogen (secondary N) is 1. The Hall–Kier alpha value is -0.570. The van der Waals surface area contributed by atoms with Gasteiger partial charge < -0.3 is 10.2 Å². The fourth-order valence-electron chi connectivity index (χ4n) is 1.99. The van der Waals surface area contributed by atoms with Crippen LogP contribution in [0, 0.1) is 0 Å². The molecular weight excluding hydrogens is 176 g/mol. The predicted octanol–water partition coefficient (Wildman–Crippen LogP) is 1.39. The van der Waals surface area contributed by atoms with E-state index < -0.39 is 0 Å². The quantitative estimate of drug-likeness (QED) is 0.740. The summed E-state index contributed by atoms with van der Waals surface area (Å²) in [5.41, 5.74) is 0. The minimum atomic E-state index is 0.0651. The van der Waals surface area contributed by atoms with Gasteiger partial charge in [-0.15, -0.1) is 0 Å². The molecule has 1 atom stereocenters. The molecular formula is C11H22N2O. The maximum Gasteiger partial charge on any atom is 0.239 e. The zero-order chi connectivity index (χ0) is 10.6. The lowest BCUT2D eigenvalue weighted by atomic mass is 10.0. The van der Waals surface area contributed by atoms with E-state index in [-0.39, 0.29) is 6.04 Å². The summed E-state index contributed by atoms with van der Waals surface area (Å²) in [5.74, 6) is 0.298. The van der Waals surface area contributed by atoms with E-state index >= 15 is 0 Å². The van der Waals surface area contributed by atoms with Crippen LogP contribution in [0.25, 0.3) is 0 Å². The number of nitrogens with zero attached hydrogens (tertiary/aromatic N) is 1. The standard InChI is InChI=1S/C11H22N2O/c1-4-7-13-8-5-6-10(11(13)14)12-9(2)3/h9-10,12H,4-8H2,1-3H3. The molecule has 1 fully saturated rings. The second-order valence-electron chi connectivity index (χ2n) is 4.34. The van der Waals surface area contributed by atoms with Gasteiger partial charge in [0.2, 0.25) is 5.91 Å². The summed E-state index contributed by atoms with van der Waals surface area (Å²) in [7, 11) is 0. The van der Waals surface area contributed by atoms with Gasteiger partial charge in [0, 0.05) is 19.1 Å². The van der Waals surface area contributed by atoms with Crippen molar-refractivity contribution in [2.24, 2.45) is 0 Å². The van der Waals surface area contributed by atoms with Gasteiger partial charge in [0.05, 0.1) is 6.04 Å². The van der Waals surface area contributed by atoms with E-state index in [0.29, 0.717) is 11.9 Å². The number of carbonyl (C=O) groups excluding carboxylic acids is 1. The summed E-state index contributed by atoms with van der Waals surface area (Å²) >= 11 is 0. The number of likely N-dealkylation sites (tertiary alicyclic amines) is 1. The molecule has 0 radical (unpaired) electrons. The fraction of sp³-hybridized carbons (Fsp3) is 0.909. The van der Waals surface area contributed by atoms with Gasteiger partial charge in [0.1, 0.15) is 0 Å². The van der Waals surface area contributed by atoms with Crippen molar-refractivity contribution in [2.75, 3.05) is 13.1 Å². The molecule has 3 nitrogen and oxygen atoms in total. The van der Waals surface area contributed by atoms with Crippen LogP contribution in [0.4, 0.5) is 0 Å². The normalized spacial score (nSPS) is 23.3. The van der Waals surface area contributed by atoms with Gasteiger partial charge in [0.25, 0.3) is 0 Å². The highest BCUT2D eigenvalue weighted by Crippen LogP contribution is 2.12. The Morgan fingerprint density at radius 3 is 2.86 bits per heavy atom. The number of piperidine rings is 1. The highest BCUT2D eigenvalue weighted by atomic mass is 16.2. The van der Waals surface area contributed by atoms with Gasteiger partial charge in [-0.3, -0.25) is 4.79 Å². The molecule has 0 saturated carbocycles. The lowest BCUT2D eigenvalue weighted by Crippen LogP contribution is -2.52. The molecule has 1 rings (SSSR count). The number of rotatable bonds is 4. The molecule has 1 saturated heterocycles. The molecule has 1 heterocycles. The Balaban J connectivity index is 2.48. The van der Waals surface area contributed by atoms with Crippen molar-refractivity contribution in [3.8, 4) is 0 Å². The third-order valence-electron chi connectivity index (χ3n) is 2.56. The largest absolute Gasteiger partial charge is 0.341 e. The Morgan fingerprint density at radius 1 is 1.57 bits per heavy atom. The van der Waals surface area contributed by atoms with Crippen LogP contribution in [0.2, 0.25) is 0 Å². The van der Waals surface area contributed by atoms with E-state index in [1.165, 1.54) is 0 Å². The van der Waals surface area contributed by atoms with Crippen LogP contribution in [0.3, 0.4) is 0 Å². The average Bonchev–Trinajstić information content (AvgIpc) is 2.11. The first-order chi connectivity index (χ1) is 6.65. The first-order valence-electron chi connectivity index (χ1n) is 5.70. The van der Waals surface area contributed by atoms with Gasteiger partial charge in [0.15, 0.2) is 0 Å². The number of hydrogen-bond acceptors (Lipinski definition) is 2. The van der Waals surface area contributed by atoms with E-state index in [1.807, 2.05) is 4.90 Å². The van der Waals surface area contributed by atoms with Gasteiger partial charge in [-0.2, -0.15) is 0 Å². The molecule has 1 amide bonds. The smallest absolute Gasteiger partial charge is 0.239 e. The summed E-state index contributed by atoms with van der Waals surface area (Å²) in [6.07, 6.45) is 3.19. The molecule has 0 aromatic rings. The molecule has 0 aromatic heterocycles. The Bertz CT molecular complexity index is 190. The van der Waals surface area contributed by atoms with Crippen LogP contribution in [0.1, 0.15) is 40.0 Å². The first-order valence-corrected chi connectivity index (χ1v) is 5.70. The van der Waals surface area contributed by atoms with Gasteiger partial charge in [-0.25, -0.2) is 0 Å². The zero-order valence-corrected chi connectivity index (χ0v) is 9.55. The summed E-state index contributed by atoms with van der Waals surface area (Å²) in [6.45, 7) is 8.16. The lowest BCUT2D eigenvalue weighted by molar-refractivity contribution is -0.136. The molecule has 1 unspecified atom stereocenters. The maximum absolute atomic E-state index is 11.9. The van der Waals surface area contributed by atoms with Gasteiger partial charge in [-0.1, -0.05) is 20.8 Å². The van der Waals surface area contributed by atoms with Crippen molar-refractivity contribution in [1.29, 1.82) is 0 Å². The highest BCUT2D eigenvalue weighted by Gasteiger charge is 2.27. The predicted molar refractivity (Wildman–Crippen MR) is 58.2 cm³/mol. The van der Waals surface area contributed by atoms with Gasteiger partial charge in [-0.05, 0) is 19.3 Å². The molecule has 0 aromatic carbocycles. The van der Waals surface area contributed by atoms with E-state index in [1.54, 1.807) is 0 Å². The monoisotopic (exact) mass is 198 g/mol. The minimum Gasteiger partial charge on any atom is -0.341 e. The highest BCUT2D eigenvalue weighted by molar-refractivity contribution is 5.82. The first kappa shape index (κ1) is 11.5. The molecule has 3 heteroatoms. The number of hydrogen-bond donors (Lipinski definition) is 1. The van der Waals surface area contributed by atoms with Crippen molar-refractivity contribution in [3.05, 3.63) is 0 Å². The number of amides is 1. The molecule has 0 aliphatic carbocycles. The molecule has 0 spiro atoms. The van der Waals surface area contributed by atoms with Crippen LogP contribution in [0.5, 0.6) is 0 Å². The van der Waals surface area contributed by atoms with Crippen molar-refractivity contribution in [2.45, 2.75) is 52.1 Å². The average molecular weight is 198 g/mol. The molecule has 0 bridgehead atoms. The third kappa shape index (κ3) is 2.98. The summed E-state index contributed by atoms with van der Waals surface area (Å²) in [5, 5.41) is 3.33. The van der Waals surface area contributed by atoms with Crippen LogP contribution >= 0.6 is 0 Å². The van der Waals surface area contributed by atoms with Gasteiger partial charge >= 0.3 is 0 Å². The Labute approximate surface area is 86.9 Å². The zero-order valence-electron chi connectivity index (χ0n) is 9.55. The molecule has 1 aliphatic rings. The lowest BCUT2D eigenvalue weighted by Gasteiger charge is -2.33. The maximum atomic E-state index is 11.9. The summed E-state index contributed by atoms with van der Waals surface area (Å²) in [6, 6.07) is 0.459. The SMILES string of the molecule is CCCN1CCCC(NC(C)C)C1=O. The van der Waals surface area contributed by atoms with E-state index in [9.17, 15) is 4.79 Å². The van der Waals surface area contributed by atoms with Crippen LogP contribution < -0.4 is 5.32 Å². The van der Waals surface area contributed by atoms with Crippen molar-refractivity contribution in [1.82, 2.24) is 10.2 Å². The second-order valence-corrected chi connectivity index (χ2v) is 4.34. The van der Waals surface area contributed by atoms with Crippen LogP contribution in [-0.2, 0) is 4.79 Å². The van der Waals surface area contributed by atoms with Crippen molar-refractivity contribution in [3.63, 3.8) is 0 Å². The van der Waals surface area contributed by atoms with Crippen molar-refractivity contribution >= 4 is 5.91 Å².